The predicted octanol–water partition coefficient (Wildman–Crippen LogP) is 1.89. The van der Waals surface area contributed by atoms with Crippen LogP contribution in [0, 0.1) is 13.8 Å². The van der Waals surface area contributed by atoms with Crippen LogP contribution in [0.4, 0.5) is 5.13 Å². The Morgan fingerprint density at radius 3 is 2.81 bits per heavy atom. The summed E-state index contributed by atoms with van der Waals surface area (Å²) in [5, 5.41) is 8.02. The van der Waals surface area contributed by atoms with Crippen LogP contribution in [0.25, 0.3) is 5.78 Å². The summed E-state index contributed by atoms with van der Waals surface area (Å²) in [6, 6.07) is 0. The standard InChI is InChI=1S/C15H16N6O3S2/c1-7-9(8(2)21-13(17-7)19-15(20-21)25-4)5-11(22)18-14-16-6-10(26-14)12(23)24-3/h6H,5H2,1-4H3,(H,16,18,22). The highest BCUT2D eigenvalue weighted by Crippen LogP contribution is 2.20. The van der Waals surface area contributed by atoms with Crippen molar-refractivity contribution in [3.63, 3.8) is 0 Å². The van der Waals surface area contributed by atoms with E-state index >= 15 is 0 Å². The molecule has 0 aliphatic rings. The highest BCUT2D eigenvalue weighted by atomic mass is 32.2. The summed E-state index contributed by atoms with van der Waals surface area (Å²) in [4.78, 5) is 36.9. The molecule has 0 aliphatic carbocycles. The lowest BCUT2D eigenvalue weighted by Gasteiger charge is -2.09. The molecule has 11 heteroatoms. The first-order valence-corrected chi connectivity index (χ1v) is 9.58. The second-order valence-electron chi connectivity index (χ2n) is 5.32. The molecule has 0 bridgehead atoms. The number of fused-ring (bicyclic) bond motifs is 1. The number of nitrogens with zero attached hydrogens (tertiary/aromatic N) is 5. The van der Waals surface area contributed by atoms with Crippen molar-refractivity contribution >= 4 is 45.9 Å². The van der Waals surface area contributed by atoms with Gasteiger partial charge in [-0.1, -0.05) is 23.1 Å². The molecule has 1 amide bonds. The quantitative estimate of drug-likeness (QED) is 0.517. The Balaban J connectivity index is 1.80. The number of nitrogens with one attached hydrogen (secondary N) is 1. The molecular formula is C15H16N6O3S2. The predicted molar refractivity (Wildman–Crippen MR) is 97.8 cm³/mol. The van der Waals surface area contributed by atoms with Crippen LogP contribution >= 0.6 is 23.1 Å². The lowest BCUT2D eigenvalue weighted by atomic mass is 10.1. The van der Waals surface area contributed by atoms with Crippen molar-refractivity contribution in [3.05, 3.63) is 28.0 Å². The average molecular weight is 392 g/mol. The third kappa shape index (κ3) is 3.53. The lowest BCUT2D eigenvalue weighted by Crippen LogP contribution is -2.17. The van der Waals surface area contributed by atoms with Gasteiger partial charge in [-0.2, -0.15) is 4.98 Å². The smallest absolute Gasteiger partial charge is 0.349 e. The minimum atomic E-state index is -0.486. The number of rotatable bonds is 5. The number of anilines is 1. The van der Waals surface area contributed by atoms with E-state index in [1.54, 1.807) is 4.52 Å². The fourth-order valence-corrected chi connectivity index (χ4v) is 3.47. The number of aryl methyl sites for hydroxylation is 2. The van der Waals surface area contributed by atoms with Gasteiger partial charge in [-0.15, -0.1) is 5.10 Å². The van der Waals surface area contributed by atoms with Crippen molar-refractivity contribution in [2.45, 2.75) is 25.4 Å². The first kappa shape index (κ1) is 18.3. The van der Waals surface area contributed by atoms with Gasteiger partial charge in [0.1, 0.15) is 4.88 Å². The van der Waals surface area contributed by atoms with Crippen molar-refractivity contribution in [2.24, 2.45) is 0 Å². The third-order valence-corrected chi connectivity index (χ3v) is 5.12. The first-order valence-electron chi connectivity index (χ1n) is 7.53. The fourth-order valence-electron chi connectivity index (χ4n) is 2.38. The van der Waals surface area contributed by atoms with E-state index in [-0.39, 0.29) is 12.3 Å². The fraction of sp³-hybridized carbons (Fsp3) is 0.333. The number of methoxy groups -OCH3 is 1. The summed E-state index contributed by atoms with van der Waals surface area (Å²) in [6.07, 6.45) is 3.37. The molecule has 0 spiro atoms. The number of esters is 1. The number of ether oxygens (including phenoxy) is 1. The van der Waals surface area contributed by atoms with Gasteiger partial charge in [-0.3, -0.25) is 4.79 Å². The van der Waals surface area contributed by atoms with E-state index in [0.29, 0.717) is 20.9 Å². The minimum Gasteiger partial charge on any atom is -0.465 e. The van der Waals surface area contributed by atoms with Gasteiger partial charge in [-0.05, 0) is 20.1 Å². The summed E-state index contributed by atoms with van der Waals surface area (Å²) >= 11 is 2.49. The number of hydrogen-bond donors (Lipinski definition) is 1. The molecule has 0 fully saturated rings. The summed E-state index contributed by atoms with van der Waals surface area (Å²) in [5.74, 6) is -0.232. The Hall–Kier alpha value is -2.53. The zero-order valence-electron chi connectivity index (χ0n) is 14.6. The number of hydrogen-bond acceptors (Lipinski definition) is 9. The van der Waals surface area contributed by atoms with Crippen LogP contribution in [0.2, 0.25) is 0 Å². The molecule has 0 unspecified atom stereocenters. The van der Waals surface area contributed by atoms with Gasteiger partial charge < -0.3 is 10.1 Å². The highest BCUT2D eigenvalue weighted by molar-refractivity contribution is 7.98. The third-order valence-electron chi connectivity index (χ3n) is 3.69. The molecule has 0 radical (unpaired) electrons. The maximum Gasteiger partial charge on any atom is 0.349 e. The van der Waals surface area contributed by atoms with Gasteiger partial charge in [0.2, 0.25) is 11.1 Å². The molecule has 3 rings (SSSR count). The number of thioether (sulfide) groups is 1. The molecule has 3 heterocycles. The molecule has 1 N–H and O–H groups in total. The Kier molecular flexibility index (Phi) is 5.18. The summed E-state index contributed by atoms with van der Waals surface area (Å²) in [7, 11) is 1.29. The Morgan fingerprint density at radius 1 is 1.35 bits per heavy atom. The highest BCUT2D eigenvalue weighted by Gasteiger charge is 2.17. The molecule has 3 aromatic heterocycles. The number of thiazole rings is 1. The number of aromatic nitrogens is 5. The molecule has 9 nitrogen and oxygen atoms in total. The van der Waals surface area contributed by atoms with E-state index < -0.39 is 5.97 Å². The maximum absolute atomic E-state index is 12.4. The van der Waals surface area contributed by atoms with Crippen LogP contribution in [-0.2, 0) is 16.0 Å². The van der Waals surface area contributed by atoms with Gasteiger partial charge in [0.05, 0.1) is 19.7 Å². The zero-order valence-corrected chi connectivity index (χ0v) is 16.2. The Labute approximate surface area is 157 Å². The Bertz CT molecular complexity index is 997. The molecule has 0 atom stereocenters. The monoisotopic (exact) mass is 392 g/mol. The molecule has 3 aromatic rings. The van der Waals surface area contributed by atoms with Gasteiger partial charge in [-0.25, -0.2) is 19.3 Å². The van der Waals surface area contributed by atoms with Crippen LogP contribution in [0.5, 0.6) is 0 Å². The summed E-state index contributed by atoms with van der Waals surface area (Å²) in [5.41, 5.74) is 2.31. The Morgan fingerprint density at radius 2 is 2.12 bits per heavy atom. The van der Waals surface area contributed by atoms with Crippen molar-refractivity contribution in [1.29, 1.82) is 0 Å². The van der Waals surface area contributed by atoms with Crippen LogP contribution in [0.15, 0.2) is 11.4 Å². The summed E-state index contributed by atoms with van der Waals surface area (Å²) < 4.78 is 6.27. The van der Waals surface area contributed by atoms with E-state index in [1.165, 1.54) is 25.1 Å². The van der Waals surface area contributed by atoms with E-state index in [4.69, 9.17) is 0 Å². The molecule has 0 saturated carbocycles. The van der Waals surface area contributed by atoms with Crippen LogP contribution < -0.4 is 5.32 Å². The van der Waals surface area contributed by atoms with Crippen molar-refractivity contribution < 1.29 is 14.3 Å². The van der Waals surface area contributed by atoms with E-state index in [2.05, 4.69) is 30.1 Å². The van der Waals surface area contributed by atoms with Crippen LogP contribution in [-0.4, -0.2) is 49.8 Å². The minimum absolute atomic E-state index is 0.113. The number of carbonyl (C=O) groups is 2. The molecule has 136 valence electrons. The zero-order chi connectivity index (χ0) is 18.8. The molecular weight excluding hydrogens is 376 g/mol. The second-order valence-corrected chi connectivity index (χ2v) is 7.12. The van der Waals surface area contributed by atoms with Crippen LogP contribution in [0.1, 0.15) is 26.6 Å². The van der Waals surface area contributed by atoms with Gasteiger partial charge >= 0.3 is 5.97 Å². The normalized spacial score (nSPS) is 10.9. The van der Waals surface area contributed by atoms with Crippen molar-refractivity contribution in [3.8, 4) is 0 Å². The van der Waals surface area contributed by atoms with Crippen molar-refractivity contribution in [2.75, 3.05) is 18.7 Å². The van der Waals surface area contributed by atoms with E-state index in [9.17, 15) is 9.59 Å². The van der Waals surface area contributed by atoms with Gasteiger partial charge in [0.15, 0.2) is 5.13 Å². The first-order chi connectivity index (χ1) is 12.4. The second kappa shape index (κ2) is 7.38. The summed E-state index contributed by atoms with van der Waals surface area (Å²) in [6.45, 7) is 3.71. The lowest BCUT2D eigenvalue weighted by molar-refractivity contribution is -0.115. The van der Waals surface area contributed by atoms with Gasteiger partial charge in [0.25, 0.3) is 5.78 Å². The van der Waals surface area contributed by atoms with E-state index in [0.717, 1.165) is 28.3 Å². The van der Waals surface area contributed by atoms with E-state index in [1.807, 2.05) is 20.1 Å². The number of amides is 1. The SMILES string of the molecule is COC(=O)c1cnc(NC(=O)Cc2c(C)nc3nc(SC)nn3c2C)s1. The maximum atomic E-state index is 12.4. The molecule has 0 saturated heterocycles. The van der Waals surface area contributed by atoms with Crippen molar-refractivity contribution in [1.82, 2.24) is 24.6 Å². The topological polar surface area (TPSA) is 111 Å². The molecule has 0 aliphatic heterocycles. The average Bonchev–Trinajstić information content (AvgIpc) is 3.24. The van der Waals surface area contributed by atoms with Gasteiger partial charge in [0, 0.05) is 17.0 Å². The van der Waals surface area contributed by atoms with Crippen LogP contribution in [0.3, 0.4) is 0 Å². The largest absolute Gasteiger partial charge is 0.465 e. The number of carbonyl (C=O) groups excluding carboxylic acids is 2. The molecule has 26 heavy (non-hydrogen) atoms. The molecule has 0 aromatic carbocycles.